The maximum Gasteiger partial charge on any atom is 0.271 e. The van der Waals surface area contributed by atoms with Gasteiger partial charge in [-0.05, 0) is 68.7 Å². The van der Waals surface area contributed by atoms with Gasteiger partial charge >= 0.3 is 0 Å². The van der Waals surface area contributed by atoms with Gasteiger partial charge in [-0.2, -0.15) is 14.9 Å². The zero-order valence-corrected chi connectivity index (χ0v) is 23.1. The number of piperidine rings is 1. The molecule has 214 valence electrons. The van der Waals surface area contributed by atoms with Crippen LogP contribution < -0.4 is 16.2 Å². The van der Waals surface area contributed by atoms with E-state index in [1.165, 1.54) is 12.1 Å². The van der Waals surface area contributed by atoms with Crippen molar-refractivity contribution in [1.29, 1.82) is 0 Å². The number of halogens is 2. The van der Waals surface area contributed by atoms with Crippen molar-refractivity contribution in [3.63, 3.8) is 0 Å². The first kappa shape index (κ1) is 27.2. The third-order valence-electron chi connectivity index (χ3n) is 8.40. The van der Waals surface area contributed by atoms with E-state index in [-0.39, 0.29) is 29.9 Å². The van der Waals surface area contributed by atoms with Gasteiger partial charge in [-0.3, -0.25) is 14.3 Å². The second-order valence-corrected chi connectivity index (χ2v) is 11.3. The fourth-order valence-electron chi connectivity index (χ4n) is 5.95. The molecule has 0 unspecified atom stereocenters. The molecule has 9 nitrogen and oxygen atoms in total. The first-order valence-electron chi connectivity index (χ1n) is 14.0. The second-order valence-electron chi connectivity index (χ2n) is 11.3. The van der Waals surface area contributed by atoms with Crippen LogP contribution in [0.3, 0.4) is 0 Å². The third-order valence-corrected chi connectivity index (χ3v) is 8.40. The predicted molar refractivity (Wildman–Crippen MR) is 153 cm³/mol. The van der Waals surface area contributed by atoms with E-state index in [2.05, 4.69) is 39.7 Å². The average molecular weight is 562 g/mol. The fourth-order valence-corrected chi connectivity index (χ4v) is 5.95. The quantitative estimate of drug-likeness (QED) is 0.360. The minimum Gasteiger partial charge on any atom is -0.369 e. The monoisotopic (exact) mass is 561 g/mol. The molecule has 2 aliphatic heterocycles. The Morgan fingerprint density at radius 3 is 2.41 bits per heavy atom. The predicted octanol–water partition coefficient (Wildman–Crippen LogP) is 3.34. The lowest BCUT2D eigenvalue weighted by Crippen LogP contribution is -2.31. The Kier molecular flexibility index (Phi) is 7.16. The molecule has 0 bridgehead atoms. The lowest BCUT2D eigenvalue weighted by atomic mass is 10.0. The molecule has 4 heterocycles. The number of hydrogen-bond donors (Lipinski definition) is 1. The molecule has 0 saturated carbocycles. The van der Waals surface area contributed by atoms with Gasteiger partial charge in [0.05, 0.1) is 17.2 Å². The summed E-state index contributed by atoms with van der Waals surface area (Å²) in [6, 6.07) is 9.81. The fraction of sp³-hybridized carbons (Fsp3) is 0.400. The molecule has 4 aromatic rings. The number of aromatic nitrogens is 4. The molecular formula is C30H33F2N7O2. The number of ketones is 1. The number of rotatable bonds is 6. The van der Waals surface area contributed by atoms with E-state index in [1.807, 2.05) is 12.1 Å². The lowest BCUT2D eigenvalue weighted by molar-refractivity contribution is 0.0986. The van der Waals surface area contributed by atoms with Gasteiger partial charge < -0.3 is 15.5 Å². The van der Waals surface area contributed by atoms with Crippen LogP contribution in [0.15, 0.2) is 53.5 Å². The SMILES string of the molecule is C[C@@H]1CN(c2c(CC(=O)c3ccc(=O)n(-c4c(F)cccc4F)n3)ccc3nn(C4CCN(C)CC4)cc23)C[C@@H]1N. The number of hydrogen-bond acceptors (Lipinski definition) is 7. The van der Waals surface area contributed by atoms with Gasteiger partial charge in [-0.15, -0.1) is 0 Å². The number of nitrogens with two attached hydrogens (primary N) is 1. The van der Waals surface area contributed by atoms with E-state index >= 15 is 0 Å². The molecule has 11 heteroatoms. The number of anilines is 1. The van der Waals surface area contributed by atoms with Crippen LogP contribution in [0.5, 0.6) is 0 Å². The van der Waals surface area contributed by atoms with Crippen molar-refractivity contribution in [3.8, 4) is 5.69 Å². The van der Waals surface area contributed by atoms with E-state index in [4.69, 9.17) is 10.8 Å². The standard InChI is InChI=1S/C30H33F2N7O2/c1-18-15-37(17-24(18)33)29-19(6-7-25-21(29)16-38(34-25)20-10-12-36(2)13-11-20)14-27(40)26-8-9-28(41)39(35-26)30-22(31)4-3-5-23(30)32/h3-9,16,18,20,24H,10-15,17,33H2,1-2H3/t18-,24+/m1/s1. The first-order valence-corrected chi connectivity index (χ1v) is 14.0. The highest BCUT2D eigenvalue weighted by molar-refractivity contribution is 6.00. The minimum absolute atomic E-state index is 0.00128. The number of carbonyl (C=O) groups excluding carboxylic acids is 1. The third kappa shape index (κ3) is 5.15. The first-order chi connectivity index (χ1) is 19.7. The van der Waals surface area contributed by atoms with Crippen LogP contribution in [0.1, 0.15) is 41.9 Å². The van der Waals surface area contributed by atoms with Gasteiger partial charge in [0.2, 0.25) is 0 Å². The summed E-state index contributed by atoms with van der Waals surface area (Å²) in [5.41, 5.74) is 7.53. The Balaban J connectivity index is 1.38. The van der Waals surface area contributed by atoms with Crippen molar-refractivity contribution in [2.45, 2.75) is 38.3 Å². The van der Waals surface area contributed by atoms with Crippen LogP contribution >= 0.6 is 0 Å². The molecule has 2 atom stereocenters. The zero-order chi connectivity index (χ0) is 28.8. The van der Waals surface area contributed by atoms with Crippen LogP contribution in [0.4, 0.5) is 14.5 Å². The van der Waals surface area contributed by atoms with E-state index in [9.17, 15) is 18.4 Å². The van der Waals surface area contributed by atoms with Crippen LogP contribution in [0, 0.1) is 17.6 Å². The summed E-state index contributed by atoms with van der Waals surface area (Å²) in [7, 11) is 2.13. The largest absolute Gasteiger partial charge is 0.369 e. The number of carbonyl (C=O) groups is 1. The van der Waals surface area contributed by atoms with E-state index < -0.39 is 22.9 Å². The summed E-state index contributed by atoms with van der Waals surface area (Å²) in [5.74, 6) is -2.00. The van der Waals surface area contributed by atoms with Crippen LogP contribution in [0.25, 0.3) is 16.6 Å². The molecule has 2 fully saturated rings. The highest BCUT2D eigenvalue weighted by atomic mass is 19.1. The Morgan fingerprint density at radius 1 is 1.00 bits per heavy atom. The van der Waals surface area contributed by atoms with Crippen molar-refractivity contribution in [1.82, 2.24) is 24.5 Å². The van der Waals surface area contributed by atoms with E-state index in [1.54, 1.807) is 0 Å². The van der Waals surface area contributed by atoms with Gasteiger partial charge in [0.15, 0.2) is 17.4 Å². The molecule has 0 radical (unpaired) electrons. The molecule has 6 rings (SSSR count). The maximum atomic E-state index is 14.4. The number of fused-ring (bicyclic) bond motifs is 1. The van der Waals surface area contributed by atoms with Crippen molar-refractivity contribution in [3.05, 3.63) is 81.9 Å². The summed E-state index contributed by atoms with van der Waals surface area (Å²) in [5, 5.41) is 9.94. The smallest absolute Gasteiger partial charge is 0.271 e. The number of nitrogens with zero attached hydrogens (tertiary/aromatic N) is 6. The molecule has 0 amide bonds. The molecule has 2 N–H and O–H groups in total. The second kappa shape index (κ2) is 10.8. The summed E-state index contributed by atoms with van der Waals surface area (Å²) < 4.78 is 31.5. The molecule has 41 heavy (non-hydrogen) atoms. The molecular weight excluding hydrogens is 528 g/mol. The Morgan fingerprint density at radius 2 is 1.73 bits per heavy atom. The van der Waals surface area contributed by atoms with E-state index in [0.717, 1.165) is 72.8 Å². The number of likely N-dealkylation sites (tertiary alicyclic amines) is 1. The van der Waals surface area contributed by atoms with Gasteiger partial charge in [0.25, 0.3) is 5.56 Å². The van der Waals surface area contributed by atoms with E-state index in [0.29, 0.717) is 17.3 Å². The van der Waals surface area contributed by atoms with Crippen LogP contribution in [-0.4, -0.2) is 69.5 Å². The number of benzene rings is 2. The minimum atomic E-state index is -0.946. The normalized spacial score (nSPS) is 20.3. The lowest BCUT2D eigenvalue weighted by Gasteiger charge is -2.29. The highest BCUT2D eigenvalue weighted by Gasteiger charge is 2.31. The van der Waals surface area contributed by atoms with Gasteiger partial charge in [0.1, 0.15) is 11.4 Å². The van der Waals surface area contributed by atoms with Crippen molar-refractivity contribution in [2.75, 3.05) is 38.1 Å². The molecule has 2 aromatic heterocycles. The maximum absolute atomic E-state index is 14.4. The Hall–Kier alpha value is -3.96. The summed E-state index contributed by atoms with van der Waals surface area (Å²) in [6.07, 6.45) is 4.10. The van der Waals surface area contributed by atoms with Crippen molar-refractivity contribution < 1.29 is 13.6 Å². The van der Waals surface area contributed by atoms with Crippen LogP contribution in [-0.2, 0) is 6.42 Å². The molecule has 2 aliphatic rings. The highest BCUT2D eigenvalue weighted by Crippen LogP contribution is 2.36. The van der Waals surface area contributed by atoms with Crippen molar-refractivity contribution >= 4 is 22.4 Å². The Labute approximate surface area is 236 Å². The number of para-hydroxylation sites is 1. The summed E-state index contributed by atoms with van der Waals surface area (Å²) in [6.45, 7) is 5.54. The summed E-state index contributed by atoms with van der Waals surface area (Å²) >= 11 is 0. The average Bonchev–Trinajstić information content (AvgIpc) is 3.52. The Bertz CT molecular complexity index is 1650. The molecule has 0 aliphatic carbocycles. The van der Waals surface area contributed by atoms with Gasteiger partial charge in [-0.1, -0.05) is 19.1 Å². The van der Waals surface area contributed by atoms with Gasteiger partial charge in [0, 0.05) is 43.2 Å². The zero-order valence-electron chi connectivity index (χ0n) is 23.1. The molecule has 2 aromatic carbocycles. The molecule has 0 spiro atoms. The topological polar surface area (TPSA) is 102 Å². The van der Waals surface area contributed by atoms with Crippen LogP contribution in [0.2, 0.25) is 0 Å². The summed E-state index contributed by atoms with van der Waals surface area (Å²) in [4.78, 5) is 30.6. The van der Waals surface area contributed by atoms with Gasteiger partial charge in [-0.25, -0.2) is 8.78 Å². The number of Topliss-reactive ketones (excluding diaryl/α,β-unsaturated/α-hetero) is 1. The molecule has 2 saturated heterocycles. The van der Waals surface area contributed by atoms with Crippen molar-refractivity contribution in [2.24, 2.45) is 11.7 Å².